The molecular weight excluding hydrogens is 230 g/mol. The Morgan fingerprint density at radius 1 is 1.17 bits per heavy atom. The second kappa shape index (κ2) is 5.03. The molecule has 88 valence electrons. The lowest BCUT2D eigenvalue weighted by Crippen LogP contribution is -2.01. The van der Waals surface area contributed by atoms with Gasteiger partial charge in [-0.2, -0.15) is 4.79 Å². The molecule has 0 aromatic heterocycles. The van der Waals surface area contributed by atoms with Gasteiger partial charge < -0.3 is 10.6 Å². The summed E-state index contributed by atoms with van der Waals surface area (Å²) in [6.45, 7) is 0. The van der Waals surface area contributed by atoms with Crippen molar-refractivity contribution >= 4 is 23.1 Å². The summed E-state index contributed by atoms with van der Waals surface area (Å²) < 4.78 is 0. The van der Waals surface area contributed by atoms with Crippen molar-refractivity contribution in [2.75, 3.05) is 0 Å². The molecule has 0 amide bonds. The van der Waals surface area contributed by atoms with Crippen LogP contribution < -0.4 is 0 Å². The fourth-order valence-electron chi connectivity index (χ4n) is 1.48. The van der Waals surface area contributed by atoms with Crippen LogP contribution in [0.1, 0.15) is 10.4 Å². The second-order valence-electron chi connectivity index (χ2n) is 3.55. The van der Waals surface area contributed by atoms with E-state index >= 15 is 0 Å². The summed E-state index contributed by atoms with van der Waals surface area (Å²) in [5.41, 5.74) is 10.1. The minimum absolute atomic E-state index is 0.147. The van der Waals surface area contributed by atoms with E-state index in [1.54, 1.807) is 42.5 Å². The molecule has 1 aromatic carbocycles. The first-order chi connectivity index (χ1) is 8.70. The quantitative estimate of drug-likeness (QED) is 0.487. The van der Waals surface area contributed by atoms with Crippen molar-refractivity contribution in [2.45, 2.75) is 0 Å². The third kappa shape index (κ3) is 2.48. The zero-order chi connectivity index (χ0) is 13.0. The average Bonchev–Trinajstić information content (AvgIpc) is 2.40. The van der Waals surface area contributed by atoms with Crippen molar-refractivity contribution in [3.05, 3.63) is 59.7 Å². The molecule has 0 radical (unpaired) electrons. The number of allylic oxidation sites excluding steroid dienone is 4. The largest absolute Gasteiger partial charge is 0.478 e. The molecule has 0 heterocycles. The third-order valence-electron chi connectivity index (χ3n) is 2.35. The Bertz CT molecular complexity index is 617. The molecule has 2 rings (SSSR count). The third-order valence-corrected chi connectivity index (χ3v) is 2.35. The highest BCUT2D eigenvalue weighted by molar-refractivity contribution is 6.17. The van der Waals surface area contributed by atoms with Crippen molar-refractivity contribution in [2.24, 2.45) is 4.99 Å². The van der Waals surface area contributed by atoms with Gasteiger partial charge in [-0.05, 0) is 24.3 Å². The summed E-state index contributed by atoms with van der Waals surface area (Å²) >= 11 is 0. The Labute approximate surface area is 103 Å². The predicted octanol–water partition coefficient (Wildman–Crippen LogP) is 2.25. The van der Waals surface area contributed by atoms with E-state index in [2.05, 4.69) is 9.78 Å². The Morgan fingerprint density at radius 2 is 1.83 bits per heavy atom. The summed E-state index contributed by atoms with van der Waals surface area (Å²) in [7, 11) is 0. The van der Waals surface area contributed by atoms with E-state index in [9.17, 15) is 4.79 Å². The van der Waals surface area contributed by atoms with Gasteiger partial charge in [-0.15, -0.1) is 0 Å². The van der Waals surface area contributed by atoms with Crippen molar-refractivity contribution in [1.82, 2.24) is 0 Å². The van der Waals surface area contributed by atoms with Gasteiger partial charge in [-0.25, -0.2) is 9.79 Å². The molecule has 0 atom stereocenters. The highest BCUT2D eigenvalue weighted by Gasteiger charge is 2.09. The van der Waals surface area contributed by atoms with Crippen LogP contribution in [0.25, 0.3) is 5.53 Å². The number of hydrogen-bond donors (Lipinski definition) is 1. The minimum Gasteiger partial charge on any atom is -0.478 e. The van der Waals surface area contributed by atoms with Crippen molar-refractivity contribution < 1.29 is 14.7 Å². The number of para-hydroxylation sites is 1. The number of hydrogen-bond acceptors (Lipinski definition) is 2. The first-order valence-electron chi connectivity index (χ1n) is 5.20. The fourth-order valence-corrected chi connectivity index (χ4v) is 1.48. The van der Waals surface area contributed by atoms with Gasteiger partial charge in [-0.3, -0.25) is 0 Å². The molecule has 0 aliphatic heterocycles. The highest BCUT2D eigenvalue weighted by Crippen LogP contribution is 2.19. The lowest BCUT2D eigenvalue weighted by atomic mass is 10.1. The fraction of sp³-hybridized carbons (Fsp3) is 0. The van der Waals surface area contributed by atoms with E-state index in [0.717, 1.165) is 0 Å². The summed E-state index contributed by atoms with van der Waals surface area (Å²) in [6, 6.07) is 6.51. The molecule has 1 aliphatic rings. The van der Waals surface area contributed by atoms with E-state index < -0.39 is 5.97 Å². The molecule has 0 fully saturated rings. The van der Waals surface area contributed by atoms with Crippen LogP contribution in [0, 0.1) is 0 Å². The topological polar surface area (TPSA) is 86.1 Å². The van der Waals surface area contributed by atoms with Crippen molar-refractivity contribution in [1.29, 1.82) is 0 Å². The van der Waals surface area contributed by atoms with Crippen LogP contribution in [-0.2, 0) is 0 Å². The predicted molar refractivity (Wildman–Crippen MR) is 67.4 cm³/mol. The van der Waals surface area contributed by atoms with Crippen LogP contribution in [0.2, 0.25) is 0 Å². The normalized spacial score (nSPS) is 13.3. The monoisotopic (exact) mass is 239 g/mol. The van der Waals surface area contributed by atoms with Gasteiger partial charge in [0.05, 0.1) is 17.0 Å². The molecule has 0 saturated heterocycles. The number of rotatable bonds is 2. The molecule has 1 aliphatic carbocycles. The highest BCUT2D eigenvalue weighted by atomic mass is 16.4. The number of nitrogens with zero attached hydrogens (tertiary/aromatic N) is 3. The van der Waals surface area contributed by atoms with E-state index in [0.29, 0.717) is 17.1 Å². The standard InChI is InChI=1S/C13H9N3O2/c14-16-10-7-5-9(6-8-10)15-12-4-2-1-3-11(12)13(17)18/h1-8H,(H,17,18). The SMILES string of the molecule is [N-]=[N+]=C1C=CC(=Nc2ccccc2C(=O)O)C=C1. The van der Waals surface area contributed by atoms with Crippen LogP contribution in [0.5, 0.6) is 0 Å². The van der Waals surface area contributed by atoms with Crippen LogP contribution in [0.15, 0.2) is 53.6 Å². The number of aliphatic imine (C=N–C) groups is 1. The molecule has 0 bridgehead atoms. The first-order valence-corrected chi connectivity index (χ1v) is 5.20. The van der Waals surface area contributed by atoms with Crippen LogP contribution >= 0.6 is 0 Å². The Kier molecular flexibility index (Phi) is 3.27. The molecule has 1 aromatic rings. The van der Waals surface area contributed by atoms with Gasteiger partial charge in [0, 0.05) is 12.2 Å². The lowest BCUT2D eigenvalue weighted by Gasteiger charge is -2.02. The average molecular weight is 239 g/mol. The Hall–Kier alpha value is -2.78. The lowest BCUT2D eigenvalue weighted by molar-refractivity contribution is -0.00152. The molecule has 5 heteroatoms. The van der Waals surface area contributed by atoms with E-state index in [4.69, 9.17) is 10.6 Å². The molecule has 1 N–H and O–H groups in total. The van der Waals surface area contributed by atoms with E-state index in [-0.39, 0.29) is 5.56 Å². The number of carboxylic acid groups (broad SMARTS) is 1. The Balaban J connectivity index is 2.38. The summed E-state index contributed by atoms with van der Waals surface area (Å²) in [5, 5.41) is 9.02. The maximum Gasteiger partial charge on any atom is 0.337 e. The molecular formula is C13H9N3O2. The van der Waals surface area contributed by atoms with Gasteiger partial charge in [0.2, 0.25) is 0 Å². The van der Waals surface area contributed by atoms with Crippen LogP contribution in [0.4, 0.5) is 5.69 Å². The summed E-state index contributed by atoms with van der Waals surface area (Å²) in [4.78, 5) is 18.3. The molecule has 0 saturated carbocycles. The van der Waals surface area contributed by atoms with Gasteiger partial charge >= 0.3 is 11.7 Å². The molecule has 0 unspecified atom stereocenters. The smallest absolute Gasteiger partial charge is 0.337 e. The Morgan fingerprint density at radius 3 is 2.44 bits per heavy atom. The van der Waals surface area contributed by atoms with Crippen molar-refractivity contribution in [3.8, 4) is 0 Å². The molecule has 0 spiro atoms. The maximum atomic E-state index is 11.0. The van der Waals surface area contributed by atoms with Gasteiger partial charge in [0.1, 0.15) is 0 Å². The number of aromatic carboxylic acids is 1. The zero-order valence-corrected chi connectivity index (χ0v) is 9.32. The van der Waals surface area contributed by atoms with Crippen molar-refractivity contribution in [3.63, 3.8) is 0 Å². The minimum atomic E-state index is -1.02. The van der Waals surface area contributed by atoms with E-state index in [1.807, 2.05) is 0 Å². The van der Waals surface area contributed by atoms with Crippen LogP contribution in [0.3, 0.4) is 0 Å². The second-order valence-corrected chi connectivity index (χ2v) is 3.55. The summed E-state index contributed by atoms with van der Waals surface area (Å²) in [6.07, 6.45) is 6.46. The first kappa shape index (κ1) is 11.7. The number of carboxylic acids is 1. The number of benzene rings is 1. The van der Waals surface area contributed by atoms with Gasteiger partial charge in [-0.1, -0.05) is 12.1 Å². The van der Waals surface area contributed by atoms with Gasteiger partial charge in [0.15, 0.2) is 0 Å². The summed E-state index contributed by atoms with van der Waals surface area (Å²) in [5.74, 6) is -1.02. The molecule has 5 nitrogen and oxygen atoms in total. The zero-order valence-electron chi connectivity index (χ0n) is 9.32. The van der Waals surface area contributed by atoms with E-state index in [1.165, 1.54) is 6.07 Å². The number of carbonyl (C=O) groups is 1. The van der Waals surface area contributed by atoms with Gasteiger partial charge in [0.25, 0.3) is 0 Å². The maximum absolute atomic E-state index is 11.0. The van der Waals surface area contributed by atoms with Crippen LogP contribution in [-0.4, -0.2) is 27.3 Å². The molecule has 18 heavy (non-hydrogen) atoms.